The van der Waals surface area contributed by atoms with Crippen LogP contribution in [0.5, 0.6) is 0 Å². The molecular formula is C12H14FN3O. The fourth-order valence-electron chi connectivity index (χ4n) is 1.44. The van der Waals surface area contributed by atoms with E-state index in [1.807, 2.05) is 19.9 Å². The Hall–Kier alpha value is -2.09. The zero-order valence-corrected chi connectivity index (χ0v) is 9.70. The minimum Gasteiger partial charge on any atom is -0.371 e. The van der Waals surface area contributed by atoms with Gasteiger partial charge in [0, 0.05) is 0 Å². The molecule has 90 valence electrons. The molecular weight excluding hydrogens is 221 g/mol. The third-order valence-electron chi connectivity index (χ3n) is 2.38. The van der Waals surface area contributed by atoms with Crippen LogP contribution in [0.3, 0.4) is 0 Å². The molecule has 1 atom stereocenters. The highest BCUT2D eigenvalue weighted by atomic mass is 19.1. The van der Waals surface area contributed by atoms with Crippen molar-refractivity contribution in [1.29, 1.82) is 5.26 Å². The lowest BCUT2D eigenvalue weighted by Gasteiger charge is -2.20. The van der Waals surface area contributed by atoms with Crippen LogP contribution in [0.2, 0.25) is 0 Å². The Labute approximate surface area is 99.2 Å². The standard InChI is InChI=1S/C12H14FN3O/c1-7(2)11(12(15)17)16-10-4-3-8(6-14)5-9(10)13/h3-5,7,11,16H,1-2H3,(H2,15,17). The number of nitrogens with one attached hydrogen (secondary N) is 1. The second-order valence-corrected chi connectivity index (χ2v) is 4.07. The van der Waals surface area contributed by atoms with E-state index in [9.17, 15) is 9.18 Å². The number of hydrogen-bond donors (Lipinski definition) is 2. The molecule has 0 heterocycles. The van der Waals surface area contributed by atoms with Crippen LogP contribution in [0.4, 0.5) is 10.1 Å². The van der Waals surface area contributed by atoms with Gasteiger partial charge in [-0.1, -0.05) is 13.8 Å². The molecule has 1 aromatic rings. The number of primary amides is 1. The fourth-order valence-corrected chi connectivity index (χ4v) is 1.44. The molecule has 5 heteroatoms. The molecule has 0 radical (unpaired) electrons. The topological polar surface area (TPSA) is 78.9 Å². The Bertz CT molecular complexity index is 465. The van der Waals surface area contributed by atoms with Crippen LogP contribution in [-0.4, -0.2) is 11.9 Å². The van der Waals surface area contributed by atoms with Gasteiger partial charge in [-0.2, -0.15) is 5.26 Å². The molecule has 1 aromatic carbocycles. The Morgan fingerprint density at radius 1 is 1.53 bits per heavy atom. The lowest BCUT2D eigenvalue weighted by Crippen LogP contribution is -2.39. The zero-order chi connectivity index (χ0) is 13.0. The van der Waals surface area contributed by atoms with Gasteiger partial charge in [-0.25, -0.2) is 4.39 Å². The Balaban J connectivity index is 2.95. The van der Waals surface area contributed by atoms with Crippen molar-refractivity contribution in [1.82, 2.24) is 0 Å². The van der Waals surface area contributed by atoms with E-state index in [-0.39, 0.29) is 17.2 Å². The molecule has 0 aliphatic rings. The first-order valence-electron chi connectivity index (χ1n) is 5.21. The molecule has 0 fully saturated rings. The monoisotopic (exact) mass is 235 g/mol. The third kappa shape index (κ3) is 3.18. The highest BCUT2D eigenvalue weighted by Gasteiger charge is 2.20. The van der Waals surface area contributed by atoms with Gasteiger partial charge in [0.25, 0.3) is 0 Å². The number of hydrogen-bond acceptors (Lipinski definition) is 3. The molecule has 0 spiro atoms. The van der Waals surface area contributed by atoms with E-state index in [0.29, 0.717) is 0 Å². The average Bonchev–Trinajstić information content (AvgIpc) is 2.26. The summed E-state index contributed by atoms with van der Waals surface area (Å²) in [5, 5.41) is 11.3. The predicted molar refractivity (Wildman–Crippen MR) is 62.6 cm³/mol. The Kier molecular flexibility index (Phi) is 4.05. The normalized spacial score (nSPS) is 11.9. The maximum atomic E-state index is 13.6. The van der Waals surface area contributed by atoms with Crippen molar-refractivity contribution in [2.75, 3.05) is 5.32 Å². The lowest BCUT2D eigenvalue weighted by molar-refractivity contribution is -0.119. The maximum Gasteiger partial charge on any atom is 0.240 e. The van der Waals surface area contributed by atoms with Gasteiger partial charge in [0.2, 0.25) is 5.91 Å². The quantitative estimate of drug-likeness (QED) is 0.832. The average molecular weight is 235 g/mol. The molecule has 3 N–H and O–H groups in total. The molecule has 0 aromatic heterocycles. The molecule has 0 saturated heterocycles. The summed E-state index contributed by atoms with van der Waals surface area (Å²) >= 11 is 0. The second kappa shape index (κ2) is 5.30. The van der Waals surface area contributed by atoms with Gasteiger partial charge in [-0.15, -0.1) is 0 Å². The maximum absolute atomic E-state index is 13.6. The summed E-state index contributed by atoms with van der Waals surface area (Å²) in [6.45, 7) is 3.62. The number of nitrogens with zero attached hydrogens (tertiary/aromatic N) is 1. The van der Waals surface area contributed by atoms with Gasteiger partial charge in [0.05, 0.1) is 17.3 Å². The fraction of sp³-hybridized carbons (Fsp3) is 0.333. The van der Waals surface area contributed by atoms with E-state index in [1.165, 1.54) is 12.1 Å². The first-order chi connectivity index (χ1) is 7.95. The summed E-state index contributed by atoms with van der Waals surface area (Å²) in [6, 6.07) is 5.20. The van der Waals surface area contributed by atoms with Gasteiger partial charge in [-0.05, 0) is 24.1 Å². The number of carbonyl (C=O) groups excluding carboxylic acids is 1. The van der Waals surface area contributed by atoms with Gasteiger partial charge < -0.3 is 11.1 Å². The summed E-state index contributed by atoms with van der Waals surface area (Å²) in [5.41, 5.74) is 5.61. The molecule has 1 rings (SSSR count). The number of nitrogens with two attached hydrogens (primary N) is 1. The molecule has 0 aliphatic carbocycles. The van der Waals surface area contributed by atoms with E-state index in [2.05, 4.69) is 5.32 Å². The number of halogens is 1. The summed E-state index contributed by atoms with van der Waals surface area (Å²) in [5.74, 6) is -1.16. The summed E-state index contributed by atoms with van der Waals surface area (Å²) < 4.78 is 13.6. The van der Waals surface area contributed by atoms with Crippen molar-refractivity contribution in [3.63, 3.8) is 0 Å². The molecule has 4 nitrogen and oxygen atoms in total. The minimum atomic E-state index is -0.641. The number of amides is 1. The number of nitriles is 1. The van der Waals surface area contributed by atoms with Crippen molar-refractivity contribution in [3.8, 4) is 6.07 Å². The van der Waals surface area contributed by atoms with Gasteiger partial charge in [0.15, 0.2) is 0 Å². The van der Waals surface area contributed by atoms with E-state index >= 15 is 0 Å². The number of benzene rings is 1. The molecule has 0 bridgehead atoms. The first-order valence-corrected chi connectivity index (χ1v) is 5.21. The van der Waals surface area contributed by atoms with E-state index in [0.717, 1.165) is 6.07 Å². The predicted octanol–water partition coefficient (Wildman–Crippen LogP) is 1.62. The lowest BCUT2D eigenvalue weighted by atomic mass is 10.0. The van der Waals surface area contributed by atoms with Crippen molar-refractivity contribution in [2.45, 2.75) is 19.9 Å². The molecule has 1 amide bonds. The molecule has 0 aliphatic heterocycles. The van der Waals surface area contributed by atoms with Crippen molar-refractivity contribution in [3.05, 3.63) is 29.6 Å². The first kappa shape index (κ1) is 13.0. The van der Waals surface area contributed by atoms with Crippen LogP contribution in [0.1, 0.15) is 19.4 Å². The van der Waals surface area contributed by atoms with Crippen LogP contribution in [0.15, 0.2) is 18.2 Å². The largest absolute Gasteiger partial charge is 0.371 e. The number of rotatable bonds is 4. The van der Waals surface area contributed by atoms with Gasteiger partial charge >= 0.3 is 0 Å². The Morgan fingerprint density at radius 3 is 2.59 bits per heavy atom. The number of carbonyl (C=O) groups is 1. The SMILES string of the molecule is CC(C)C(Nc1ccc(C#N)cc1F)C(N)=O. The molecule has 1 unspecified atom stereocenters. The summed E-state index contributed by atoms with van der Waals surface area (Å²) in [7, 11) is 0. The van der Waals surface area contributed by atoms with E-state index in [4.69, 9.17) is 11.0 Å². The Morgan fingerprint density at radius 2 is 2.18 bits per heavy atom. The van der Waals surface area contributed by atoms with Crippen LogP contribution in [0, 0.1) is 23.1 Å². The smallest absolute Gasteiger partial charge is 0.240 e. The van der Waals surface area contributed by atoms with Crippen molar-refractivity contribution < 1.29 is 9.18 Å². The minimum absolute atomic E-state index is 0.0532. The highest BCUT2D eigenvalue weighted by molar-refractivity contribution is 5.83. The number of anilines is 1. The summed E-state index contributed by atoms with van der Waals surface area (Å²) in [6.07, 6.45) is 0. The zero-order valence-electron chi connectivity index (χ0n) is 9.70. The highest BCUT2D eigenvalue weighted by Crippen LogP contribution is 2.18. The van der Waals surface area contributed by atoms with Crippen molar-refractivity contribution >= 4 is 11.6 Å². The molecule has 0 saturated carbocycles. The van der Waals surface area contributed by atoms with Crippen LogP contribution < -0.4 is 11.1 Å². The van der Waals surface area contributed by atoms with E-state index < -0.39 is 17.8 Å². The third-order valence-corrected chi connectivity index (χ3v) is 2.38. The molecule has 17 heavy (non-hydrogen) atoms. The van der Waals surface area contributed by atoms with Gasteiger partial charge in [-0.3, -0.25) is 4.79 Å². The van der Waals surface area contributed by atoms with E-state index in [1.54, 1.807) is 0 Å². The summed E-state index contributed by atoms with van der Waals surface area (Å²) in [4.78, 5) is 11.2. The van der Waals surface area contributed by atoms with Crippen LogP contribution in [0.25, 0.3) is 0 Å². The van der Waals surface area contributed by atoms with Crippen LogP contribution >= 0.6 is 0 Å². The van der Waals surface area contributed by atoms with Crippen LogP contribution in [-0.2, 0) is 4.79 Å². The van der Waals surface area contributed by atoms with Gasteiger partial charge in [0.1, 0.15) is 11.9 Å². The second-order valence-electron chi connectivity index (χ2n) is 4.07. The van der Waals surface area contributed by atoms with Crippen molar-refractivity contribution in [2.24, 2.45) is 11.7 Å².